The van der Waals surface area contributed by atoms with Crippen molar-refractivity contribution in [3.05, 3.63) is 12.7 Å². The number of hydrogen-bond donors (Lipinski definition) is 2. The number of hydrogen-bond acceptors (Lipinski definition) is 7. The Bertz CT molecular complexity index is 1090. The van der Waals surface area contributed by atoms with Crippen LogP contribution in [-0.4, -0.2) is 51.5 Å². The molecule has 0 saturated heterocycles. The molecule has 0 amide bonds. The number of fused-ring (bicyclic) bond motifs is 1. The van der Waals surface area contributed by atoms with Crippen LogP contribution in [0.3, 0.4) is 0 Å². The van der Waals surface area contributed by atoms with Crippen LogP contribution < -0.4 is 5.73 Å². The maximum Gasteiger partial charge on any atom is 0.353 e. The number of imidazole rings is 1. The molecular formula is C32H60N5O4PSi. The van der Waals surface area contributed by atoms with Gasteiger partial charge in [0.1, 0.15) is 18.2 Å². The van der Waals surface area contributed by atoms with Crippen molar-refractivity contribution in [2.24, 2.45) is 0 Å². The van der Waals surface area contributed by atoms with Gasteiger partial charge in [0.2, 0.25) is 0 Å². The molecule has 0 aliphatic heterocycles. The van der Waals surface area contributed by atoms with Gasteiger partial charge in [0.25, 0.3) is 0 Å². The van der Waals surface area contributed by atoms with Gasteiger partial charge in [-0.25, -0.2) is 15.0 Å². The molecule has 2 heterocycles. The van der Waals surface area contributed by atoms with Crippen molar-refractivity contribution in [3.63, 3.8) is 0 Å². The standard InChI is InChI=1S/C32H60N5O4PSi/c1-28(24-37-26-36-30-31(33)34-25-35-32(30)37)40-27-42(38,39)41-22-18-13-11-9-7-5-4-6-8-10-12-14-19-23-43(2,3)29-20-16-15-17-21-29/h25-26,28-29H,4-24,27H2,1-3H3,(H,38,39)(H2,33,34,35)/t28-/m1/s1. The Hall–Kier alpha value is -1.32. The number of nitrogens with zero attached hydrogens (tertiary/aromatic N) is 4. The fourth-order valence-electron chi connectivity index (χ4n) is 6.54. The first-order valence-electron chi connectivity index (χ1n) is 17.2. The summed E-state index contributed by atoms with van der Waals surface area (Å²) < 4.78 is 25.1. The zero-order valence-corrected chi connectivity index (χ0v) is 29.2. The first-order chi connectivity index (χ1) is 20.7. The van der Waals surface area contributed by atoms with Gasteiger partial charge in [0, 0.05) is 0 Å². The highest BCUT2D eigenvalue weighted by Crippen LogP contribution is 2.42. The summed E-state index contributed by atoms with van der Waals surface area (Å²) in [5, 5.41) is 0. The van der Waals surface area contributed by atoms with Gasteiger partial charge in [-0.2, -0.15) is 0 Å². The van der Waals surface area contributed by atoms with Crippen molar-refractivity contribution < 1.29 is 18.7 Å². The summed E-state index contributed by atoms with van der Waals surface area (Å²) in [6, 6.07) is 1.55. The number of aromatic nitrogens is 4. The summed E-state index contributed by atoms with van der Waals surface area (Å²) in [4.78, 5) is 22.5. The van der Waals surface area contributed by atoms with Crippen LogP contribution in [0, 0.1) is 0 Å². The monoisotopic (exact) mass is 637 g/mol. The Morgan fingerprint density at radius 1 is 0.930 bits per heavy atom. The van der Waals surface area contributed by atoms with Crippen molar-refractivity contribution in [2.45, 2.75) is 160 Å². The average molecular weight is 638 g/mol. The Labute approximate surface area is 261 Å². The Balaban J connectivity index is 1.09. The van der Waals surface area contributed by atoms with E-state index in [4.69, 9.17) is 15.0 Å². The molecule has 2 atom stereocenters. The van der Waals surface area contributed by atoms with Crippen LogP contribution in [0.1, 0.15) is 122 Å². The molecule has 1 aliphatic carbocycles. The highest BCUT2D eigenvalue weighted by molar-refractivity contribution is 7.52. The number of unbranched alkanes of at least 4 members (excludes halogenated alkanes) is 12. The fraction of sp³-hybridized carbons (Fsp3) is 0.844. The van der Waals surface area contributed by atoms with Gasteiger partial charge in [-0.05, 0) is 18.9 Å². The van der Waals surface area contributed by atoms with Gasteiger partial charge in [0.05, 0.1) is 33.7 Å². The van der Waals surface area contributed by atoms with E-state index in [1.54, 1.807) is 16.9 Å². The van der Waals surface area contributed by atoms with Crippen molar-refractivity contribution >= 4 is 32.7 Å². The third-order valence-electron chi connectivity index (χ3n) is 9.37. The molecule has 1 aliphatic rings. The number of nitrogen functional groups attached to an aromatic ring is 1. The smallest absolute Gasteiger partial charge is 0.353 e. The Morgan fingerprint density at radius 2 is 1.51 bits per heavy atom. The average Bonchev–Trinajstić information content (AvgIpc) is 3.40. The number of rotatable bonds is 23. The number of ether oxygens (including phenoxy) is 1. The fourth-order valence-corrected chi connectivity index (χ4v) is 11.0. The zero-order valence-electron chi connectivity index (χ0n) is 27.4. The quantitative estimate of drug-likeness (QED) is 0.0702. The van der Waals surface area contributed by atoms with Crippen LogP contribution in [0.25, 0.3) is 11.2 Å². The minimum Gasteiger partial charge on any atom is -0.382 e. The molecule has 43 heavy (non-hydrogen) atoms. The highest BCUT2D eigenvalue weighted by Gasteiger charge is 2.31. The second kappa shape index (κ2) is 19.2. The van der Waals surface area contributed by atoms with Crippen LogP contribution in [0.5, 0.6) is 0 Å². The van der Waals surface area contributed by atoms with Gasteiger partial charge < -0.3 is 24.5 Å². The van der Waals surface area contributed by atoms with Crippen LogP contribution >= 0.6 is 7.60 Å². The lowest BCUT2D eigenvalue weighted by atomic mass is 10.0. The lowest BCUT2D eigenvalue weighted by Gasteiger charge is -2.35. The summed E-state index contributed by atoms with van der Waals surface area (Å²) in [6.07, 6.45) is 26.6. The Kier molecular flexibility index (Phi) is 16.2. The second-order valence-electron chi connectivity index (χ2n) is 13.6. The summed E-state index contributed by atoms with van der Waals surface area (Å²) in [7, 11) is -4.77. The maximum atomic E-state index is 12.4. The van der Waals surface area contributed by atoms with E-state index < -0.39 is 15.7 Å². The summed E-state index contributed by atoms with van der Waals surface area (Å²) in [5.41, 5.74) is 8.07. The zero-order chi connectivity index (χ0) is 31.0. The molecule has 2 aromatic heterocycles. The molecule has 246 valence electrons. The van der Waals surface area contributed by atoms with E-state index in [2.05, 4.69) is 28.0 Å². The van der Waals surface area contributed by atoms with Crippen molar-refractivity contribution in [3.8, 4) is 0 Å². The van der Waals surface area contributed by atoms with E-state index in [-0.39, 0.29) is 19.1 Å². The predicted molar refractivity (Wildman–Crippen MR) is 180 cm³/mol. The predicted octanol–water partition coefficient (Wildman–Crippen LogP) is 9.09. The van der Waals surface area contributed by atoms with Crippen molar-refractivity contribution in [1.82, 2.24) is 19.5 Å². The van der Waals surface area contributed by atoms with Gasteiger partial charge in [-0.1, -0.05) is 128 Å². The third kappa shape index (κ3) is 13.7. The largest absolute Gasteiger partial charge is 0.382 e. The molecule has 3 rings (SSSR count). The Morgan fingerprint density at radius 3 is 2.14 bits per heavy atom. The molecule has 0 spiro atoms. The van der Waals surface area contributed by atoms with E-state index in [0.29, 0.717) is 23.5 Å². The van der Waals surface area contributed by atoms with Gasteiger partial charge in [-0.3, -0.25) is 4.57 Å². The van der Waals surface area contributed by atoms with E-state index in [0.717, 1.165) is 24.8 Å². The molecular weight excluding hydrogens is 577 g/mol. The first kappa shape index (κ1) is 36.1. The molecule has 2 aromatic rings. The van der Waals surface area contributed by atoms with Crippen molar-refractivity contribution in [2.75, 3.05) is 18.7 Å². The van der Waals surface area contributed by atoms with Crippen LogP contribution in [0.4, 0.5) is 5.82 Å². The highest BCUT2D eigenvalue weighted by atomic mass is 31.2. The van der Waals surface area contributed by atoms with Gasteiger partial charge >= 0.3 is 7.60 Å². The third-order valence-corrected chi connectivity index (χ3v) is 14.9. The molecule has 1 unspecified atom stereocenters. The van der Waals surface area contributed by atoms with Gasteiger partial charge in [-0.15, -0.1) is 0 Å². The van der Waals surface area contributed by atoms with Crippen LogP contribution in [-0.2, 0) is 20.4 Å². The van der Waals surface area contributed by atoms with Crippen molar-refractivity contribution in [1.29, 1.82) is 0 Å². The van der Waals surface area contributed by atoms with E-state index in [1.165, 1.54) is 103 Å². The molecule has 9 nitrogen and oxygen atoms in total. The van der Waals surface area contributed by atoms with Crippen LogP contribution in [0.15, 0.2) is 12.7 Å². The van der Waals surface area contributed by atoms with Crippen LogP contribution in [0.2, 0.25) is 24.7 Å². The lowest BCUT2D eigenvalue weighted by Crippen LogP contribution is -2.33. The molecule has 0 bridgehead atoms. The van der Waals surface area contributed by atoms with Gasteiger partial charge in [0.15, 0.2) is 11.5 Å². The topological polar surface area (TPSA) is 125 Å². The minimum atomic E-state index is -3.78. The number of anilines is 1. The maximum absolute atomic E-state index is 12.4. The molecule has 1 saturated carbocycles. The summed E-state index contributed by atoms with van der Waals surface area (Å²) >= 11 is 0. The molecule has 0 radical (unpaired) electrons. The SMILES string of the molecule is C[C@H](Cn1cnc2c(N)ncnc21)OCP(=O)(O)OCCCCCCCCCCCCCCC[Si](C)(C)C1CCCCC1. The first-order valence-corrected chi connectivity index (χ1v) is 22.2. The minimum absolute atomic E-state index is 0.286. The molecule has 0 aromatic carbocycles. The van der Waals surface area contributed by atoms with E-state index >= 15 is 0 Å². The molecule has 11 heteroatoms. The molecule has 1 fully saturated rings. The van der Waals surface area contributed by atoms with E-state index in [9.17, 15) is 9.46 Å². The van der Waals surface area contributed by atoms with E-state index in [1.807, 2.05) is 6.92 Å². The summed E-state index contributed by atoms with van der Waals surface area (Å²) in [5.74, 6) is 0.321. The summed E-state index contributed by atoms with van der Waals surface area (Å²) in [6.45, 7) is 7.85. The normalized spacial score (nSPS) is 16.9. The second-order valence-corrected chi connectivity index (χ2v) is 20.7. The number of nitrogens with two attached hydrogens (primary N) is 1. The lowest BCUT2D eigenvalue weighted by molar-refractivity contribution is 0.0715. The molecule has 3 N–H and O–H groups in total.